The van der Waals surface area contributed by atoms with Crippen LogP contribution in [0.1, 0.15) is 39.5 Å². The molecule has 1 rings (SSSR count). The highest BCUT2D eigenvalue weighted by molar-refractivity contribution is 7.27. The van der Waals surface area contributed by atoms with Crippen molar-refractivity contribution in [2.45, 2.75) is 39.5 Å². The van der Waals surface area contributed by atoms with Crippen molar-refractivity contribution in [1.29, 1.82) is 0 Å². The molecule has 1 aromatic rings. The fourth-order valence-corrected chi connectivity index (χ4v) is 1.78. The SMILES string of the molecule is CCCCOc1cccc(P)c1OCCCC. The van der Waals surface area contributed by atoms with Crippen molar-refractivity contribution in [3.63, 3.8) is 0 Å². The Bertz CT molecular complexity index is 326. The summed E-state index contributed by atoms with van der Waals surface area (Å²) in [5.74, 6) is 1.74. The molecule has 0 amide bonds. The summed E-state index contributed by atoms with van der Waals surface area (Å²) in [6.45, 7) is 5.84. The Balaban J connectivity index is 2.63. The van der Waals surface area contributed by atoms with E-state index in [2.05, 4.69) is 23.1 Å². The number of ether oxygens (including phenoxy) is 2. The van der Waals surface area contributed by atoms with Gasteiger partial charge in [-0.2, -0.15) is 0 Å². The minimum absolute atomic E-state index is 0.756. The van der Waals surface area contributed by atoms with E-state index in [0.29, 0.717) is 0 Å². The minimum Gasteiger partial charge on any atom is -0.490 e. The Kier molecular flexibility index (Phi) is 7.04. The zero-order valence-electron chi connectivity index (χ0n) is 10.9. The monoisotopic (exact) mass is 254 g/mol. The number of para-hydroxylation sites is 1. The molecule has 0 radical (unpaired) electrons. The smallest absolute Gasteiger partial charge is 0.168 e. The van der Waals surface area contributed by atoms with Gasteiger partial charge in [-0.15, -0.1) is 9.24 Å². The van der Waals surface area contributed by atoms with Gasteiger partial charge in [0.05, 0.1) is 13.2 Å². The number of hydrogen-bond acceptors (Lipinski definition) is 2. The lowest BCUT2D eigenvalue weighted by atomic mass is 10.3. The summed E-state index contributed by atoms with van der Waals surface area (Å²) in [6, 6.07) is 6.00. The van der Waals surface area contributed by atoms with Crippen LogP contribution in [0.25, 0.3) is 0 Å². The topological polar surface area (TPSA) is 18.5 Å². The first-order chi connectivity index (χ1) is 8.29. The van der Waals surface area contributed by atoms with Crippen LogP contribution >= 0.6 is 9.24 Å². The third-order valence-corrected chi connectivity index (χ3v) is 2.96. The van der Waals surface area contributed by atoms with Crippen LogP contribution in [-0.4, -0.2) is 13.2 Å². The molecule has 96 valence electrons. The van der Waals surface area contributed by atoms with E-state index in [9.17, 15) is 0 Å². The van der Waals surface area contributed by atoms with Crippen molar-refractivity contribution < 1.29 is 9.47 Å². The Morgan fingerprint density at radius 2 is 1.65 bits per heavy atom. The predicted molar refractivity (Wildman–Crippen MR) is 76.6 cm³/mol. The molecule has 0 aliphatic rings. The third-order valence-electron chi connectivity index (χ3n) is 2.51. The van der Waals surface area contributed by atoms with Gasteiger partial charge in [-0.3, -0.25) is 0 Å². The molecule has 0 spiro atoms. The lowest BCUT2D eigenvalue weighted by Crippen LogP contribution is -2.08. The van der Waals surface area contributed by atoms with Gasteiger partial charge in [0.15, 0.2) is 11.5 Å². The molecule has 1 atom stereocenters. The normalized spacial score (nSPS) is 10.3. The number of unbranched alkanes of at least 4 members (excludes halogenated alkanes) is 2. The maximum atomic E-state index is 5.79. The molecule has 2 nitrogen and oxygen atoms in total. The summed E-state index contributed by atoms with van der Waals surface area (Å²) in [5.41, 5.74) is 0. The van der Waals surface area contributed by atoms with E-state index in [1.165, 1.54) is 0 Å². The second kappa shape index (κ2) is 8.36. The van der Waals surface area contributed by atoms with Crippen LogP contribution in [0.5, 0.6) is 11.5 Å². The molecule has 0 aliphatic heterocycles. The lowest BCUT2D eigenvalue weighted by molar-refractivity contribution is 0.264. The molecule has 3 heteroatoms. The second-order valence-corrected chi connectivity index (χ2v) is 4.70. The number of rotatable bonds is 8. The van der Waals surface area contributed by atoms with E-state index in [-0.39, 0.29) is 0 Å². The fraction of sp³-hybridized carbons (Fsp3) is 0.571. The molecule has 0 N–H and O–H groups in total. The van der Waals surface area contributed by atoms with E-state index in [4.69, 9.17) is 9.47 Å². The first-order valence-electron chi connectivity index (χ1n) is 6.43. The maximum absolute atomic E-state index is 5.79. The molecule has 0 aliphatic carbocycles. The first kappa shape index (κ1) is 14.3. The van der Waals surface area contributed by atoms with Crippen molar-refractivity contribution in [2.24, 2.45) is 0 Å². The molecule has 0 aromatic heterocycles. The first-order valence-corrected chi connectivity index (χ1v) is 7.01. The van der Waals surface area contributed by atoms with Gasteiger partial charge in [0, 0.05) is 5.30 Å². The van der Waals surface area contributed by atoms with E-state index < -0.39 is 0 Å². The Labute approximate surface area is 107 Å². The van der Waals surface area contributed by atoms with Gasteiger partial charge in [-0.05, 0) is 18.9 Å². The molecule has 0 saturated heterocycles. The average Bonchev–Trinajstić information content (AvgIpc) is 2.33. The van der Waals surface area contributed by atoms with Crippen LogP contribution in [0.4, 0.5) is 0 Å². The Hall–Kier alpha value is -0.750. The Morgan fingerprint density at radius 3 is 2.29 bits per heavy atom. The van der Waals surface area contributed by atoms with Gasteiger partial charge in [0.25, 0.3) is 0 Å². The van der Waals surface area contributed by atoms with Gasteiger partial charge in [0.2, 0.25) is 0 Å². The minimum atomic E-state index is 0.756. The summed E-state index contributed by atoms with van der Waals surface area (Å²) in [7, 11) is 2.70. The maximum Gasteiger partial charge on any atom is 0.168 e. The van der Waals surface area contributed by atoms with Crippen LogP contribution in [-0.2, 0) is 0 Å². The van der Waals surface area contributed by atoms with Gasteiger partial charge < -0.3 is 9.47 Å². The average molecular weight is 254 g/mol. The zero-order chi connectivity index (χ0) is 12.5. The summed E-state index contributed by atoms with van der Waals surface area (Å²) < 4.78 is 11.5. The number of benzene rings is 1. The molecular formula is C14H23O2P. The van der Waals surface area contributed by atoms with E-state index in [1.807, 2.05) is 18.2 Å². The standard InChI is InChI=1S/C14H23O2P/c1-3-5-10-15-12-8-7-9-13(17)14(12)16-11-6-4-2/h7-9H,3-6,10-11,17H2,1-2H3. The molecule has 0 saturated carbocycles. The quantitative estimate of drug-likeness (QED) is 0.522. The highest BCUT2D eigenvalue weighted by atomic mass is 31.0. The van der Waals surface area contributed by atoms with E-state index in [0.717, 1.165) is 55.7 Å². The van der Waals surface area contributed by atoms with Crippen LogP contribution in [0.15, 0.2) is 18.2 Å². The van der Waals surface area contributed by atoms with Gasteiger partial charge >= 0.3 is 0 Å². The summed E-state index contributed by atoms with van der Waals surface area (Å²) in [4.78, 5) is 0. The molecule has 0 bridgehead atoms. The lowest BCUT2D eigenvalue weighted by Gasteiger charge is -2.14. The second-order valence-electron chi connectivity index (χ2n) is 4.08. The highest BCUT2D eigenvalue weighted by Crippen LogP contribution is 2.26. The van der Waals surface area contributed by atoms with Crippen LogP contribution < -0.4 is 14.8 Å². The molecule has 0 fully saturated rings. The highest BCUT2D eigenvalue weighted by Gasteiger charge is 2.07. The van der Waals surface area contributed by atoms with Crippen molar-refractivity contribution in [3.05, 3.63) is 18.2 Å². The molecule has 0 heterocycles. The van der Waals surface area contributed by atoms with Gasteiger partial charge in [0.1, 0.15) is 0 Å². The zero-order valence-corrected chi connectivity index (χ0v) is 12.0. The van der Waals surface area contributed by atoms with Crippen molar-refractivity contribution in [2.75, 3.05) is 13.2 Å². The summed E-state index contributed by atoms with van der Waals surface area (Å²) >= 11 is 0. The largest absolute Gasteiger partial charge is 0.490 e. The molecular weight excluding hydrogens is 231 g/mol. The van der Waals surface area contributed by atoms with E-state index >= 15 is 0 Å². The van der Waals surface area contributed by atoms with Crippen molar-refractivity contribution >= 4 is 14.5 Å². The predicted octanol–water partition coefficient (Wildman–Crippen LogP) is 3.54. The summed E-state index contributed by atoms with van der Waals surface area (Å²) in [6.07, 6.45) is 4.44. The Morgan fingerprint density at radius 1 is 1.00 bits per heavy atom. The number of hydrogen-bond donors (Lipinski definition) is 0. The van der Waals surface area contributed by atoms with Crippen LogP contribution in [0, 0.1) is 0 Å². The van der Waals surface area contributed by atoms with Crippen LogP contribution in [0.2, 0.25) is 0 Å². The molecule has 1 unspecified atom stereocenters. The molecule has 17 heavy (non-hydrogen) atoms. The fourth-order valence-electron chi connectivity index (χ4n) is 1.45. The van der Waals surface area contributed by atoms with Crippen LogP contribution in [0.3, 0.4) is 0 Å². The summed E-state index contributed by atoms with van der Waals surface area (Å²) in [5, 5.41) is 1.06. The van der Waals surface area contributed by atoms with Gasteiger partial charge in [-0.1, -0.05) is 38.8 Å². The third kappa shape index (κ3) is 4.95. The molecule has 1 aromatic carbocycles. The van der Waals surface area contributed by atoms with Gasteiger partial charge in [-0.25, -0.2) is 0 Å². The van der Waals surface area contributed by atoms with Crippen molar-refractivity contribution in [1.82, 2.24) is 0 Å². The van der Waals surface area contributed by atoms with E-state index in [1.54, 1.807) is 0 Å². The van der Waals surface area contributed by atoms with Crippen molar-refractivity contribution in [3.8, 4) is 11.5 Å².